The molecule has 1 N–H and O–H groups in total. The average molecular weight is 535 g/mol. The quantitative estimate of drug-likeness (QED) is 0.236. The van der Waals surface area contributed by atoms with Crippen LogP contribution in [0.5, 0.6) is 0 Å². The molecule has 1 nitrogen and oxygen atoms in total. The maximum Gasteiger partial charge on any atom is 0.181 e. The van der Waals surface area contributed by atoms with Crippen LogP contribution < -0.4 is 3.53 Å². The van der Waals surface area contributed by atoms with Gasteiger partial charge in [0, 0.05) is 22.9 Å². The molecule has 6 heavy (non-hydrogen) atoms. The zero-order valence-corrected chi connectivity index (χ0v) is 11.1. The number of alkyl halides is 3. The summed E-state index contributed by atoms with van der Waals surface area (Å²) in [6, 6.07) is 0. The van der Waals surface area contributed by atoms with E-state index in [-0.39, 0.29) is -0.441 Å². The normalized spacial score (nSPS) is 12.0. The third-order valence-corrected chi connectivity index (χ3v) is 4.82. The molecule has 0 saturated heterocycles. The maximum atomic E-state index is 3.03. The largest absolute Gasteiger partial charge is 0.229 e. The van der Waals surface area contributed by atoms with E-state index in [0.717, 1.165) is 0 Å². The molecule has 0 aromatic rings. The predicted octanol–water partition coefficient (Wildman–Crippen LogP) is 2.84. The molecule has 0 saturated carbocycles. The van der Waals surface area contributed by atoms with Crippen molar-refractivity contribution in [2.75, 3.05) is 0 Å². The van der Waals surface area contributed by atoms with Gasteiger partial charge in [0.25, 0.3) is 0 Å². The molecule has 0 bridgehead atoms. The number of hydrogen-bond donors (Lipinski definition) is 1. The van der Waals surface area contributed by atoms with Gasteiger partial charge in [-0.05, 0) is 67.8 Å². The van der Waals surface area contributed by atoms with Crippen molar-refractivity contribution < 1.29 is 0 Å². The third-order valence-electron chi connectivity index (χ3n) is 0.107. The standard InChI is InChI=1S/CHI4N/c2-1(3,4)6-5/h6H. The molecule has 0 rings (SSSR count). The van der Waals surface area contributed by atoms with Crippen molar-refractivity contribution >= 4 is 90.6 Å². The number of rotatable bonds is 1. The second kappa shape index (κ2) is 3.82. The summed E-state index contributed by atoms with van der Waals surface area (Å²) in [5.74, 6) is 0. The van der Waals surface area contributed by atoms with Crippen molar-refractivity contribution in [2.45, 2.75) is -0.441 Å². The summed E-state index contributed by atoms with van der Waals surface area (Å²) in [6.07, 6.45) is 0. The molecule has 0 atom stereocenters. The molecule has 0 aliphatic carbocycles. The summed E-state index contributed by atoms with van der Waals surface area (Å²) in [4.78, 5) is 0. The molecule has 0 fully saturated rings. The van der Waals surface area contributed by atoms with Gasteiger partial charge in [-0.25, -0.2) is 3.53 Å². The Balaban J connectivity index is 3.17. The molecule has 0 aromatic heterocycles. The van der Waals surface area contributed by atoms with Crippen molar-refractivity contribution in [3.8, 4) is 0 Å². The Labute approximate surface area is 91.7 Å². The number of hydrogen-bond acceptors (Lipinski definition) is 1. The van der Waals surface area contributed by atoms with Crippen LogP contribution in [0.3, 0.4) is 0 Å². The van der Waals surface area contributed by atoms with Gasteiger partial charge in [-0.15, -0.1) is 0 Å². The van der Waals surface area contributed by atoms with E-state index in [1.54, 1.807) is 0 Å². The van der Waals surface area contributed by atoms with Crippen LogP contribution in [0.25, 0.3) is 0 Å². The molecule has 0 heterocycles. The minimum atomic E-state index is 0.188. The van der Waals surface area contributed by atoms with Gasteiger partial charge >= 0.3 is 0 Å². The first kappa shape index (κ1) is 8.88. The van der Waals surface area contributed by atoms with E-state index in [4.69, 9.17) is 0 Å². The van der Waals surface area contributed by atoms with Crippen LogP contribution in [0.1, 0.15) is 0 Å². The lowest BCUT2D eigenvalue weighted by molar-refractivity contribution is 1.28. The van der Waals surface area contributed by atoms with Gasteiger partial charge in [0.1, 0.15) is 0 Å². The molecule has 38 valence electrons. The van der Waals surface area contributed by atoms with Gasteiger partial charge in [-0.1, -0.05) is 0 Å². The highest BCUT2D eigenvalue weighted by atomic mass is 127. The van der Waals surface area contributed by atoms with Crippen LogP contribution >= 0.6 is 90.6 Å². The summed E-state index contributed by atoms with van der Waals surface area (Å²) in [6.45, 7) is 0. The molecule has 5 heteroatoms. The van der Waals surface area contributed by atoms with Crippen LogP contribution in [0.2, 0.25) is 0 Å². The summed E-state index contributed by atoms with van der Waals surface area (Å²) in [5, 5.41) is 0. The summed E-state index contributed by atoms with van der Waals surface area (Å²) in [7, 11) is 0. The second-order valence-electron chi connectivity index (χ2n) is 0.592. The Morgan fingerprint density at radius 1 is 1.17 bits per heavy atom. The first-order valence-corrected chi connectivity index (χ1v) is 5.32. The van der Waals surface area contributed by atoms with Crippen LogP contribution in [0.15, 0.2) is 0 Å². The highest BCUT2D eigenvalue weighted by Crippen LogP contribution is 2.32. The fourth-order valence-electron chi connectivity index (χ4n) is 0. The Morgan fingerprint density at radius 3 is 1.33 bits per heavy atom. The number of nitrogens with one attached hydrogen (secondary N) is 1. The summed E-state index contributed by atoms with van der Waals surface area (Å²) in [5.41, 5.74) is 0. The summed E-state index contributed by atoms with van der Waals surface area (Å²) >= 11 is 9.01. The van der Waals surface area contributed by atoms with Crippen LogP contribution in [0, 0.1) is 0 Å². The highest BCUT2D eigenvalue weighted by molar-refractivity contribution is 14.3. The molecule has 0 radical (unpaired) electrons. The minimum Gasteiger partial charge on any atom is -0.229 e. The molecule has 0 aromatic carbocycles. The molecule has 0 amide bonds. The Bertz CT molecular complexity index is 37.3. The van der Waals surface area contributed by atoms with E-state index in [1.165, 1.54) is 0 Å². The van der Waals surface area contributed by atoms with Crippen molar-refractivity contribution in [2.24, 2.45) is 0 Å². The van der Waals surface area contributed by atoms with Gasteiger partial charge in [0.2, 0.25) is 0 Å². The van der Waals surface area contributed by atoms with Gasteiger partial charge in [0.05, 0.1) is 0 Å². The monoisotopic (exact) mass is 535 g/mol. The highest BCUT2D eigenvalue weighted by Gasteiger charge is 2.12. The Hall–Kier alpha value is 2.88. The predicted molar refractivity (Wildman–Crippen MR) is 61.9 cm³/mol. The van der Waals surface area contributed by atoms with Crippen molar-refractivity contribution in [1.82, 2.24) is 3.53 Å². The molecule has 0 aliphatic rings. The van der Waals surface area contributed by atoms with Gasteiger partial charge < -0.3 is 0 Å². The average Bonchev–Trinajstić information content (AvgIpc) is 1.35. The first-order valence-electron chi connectivity index (χ1n) is 1.01. The fraction of sp³-hybridized carbons (Fsp3) is 1.00. The molecular formula is CHI4N. The van der Waals surface area contributed by atoms with Crippen molar-refractivity contribution in [3.63, 3.8) is 0 Å². The van der Waals surface area contributed by atoms with Crippen LogP contribution in [0.4, 0.5) is 0 Å². The number of halogens is 4. The van der Waals surface area contributed by atoms with Crippen molar-refractivity contribution in [3.05, 3.63) is 0 Å². The minimum absolute atomic E-state index is 0.188. The fourth-order valence-corrected chi connectivity index (χ4v) is 0. The van der Waals surface area contributed by atoms with Gasteiger partial charge in [0.15, 0.2) is -0.441 Å². The lowest BCUT2D eigenvalue weighted by atomic mass is 11.6. The van der Waals surface area contributed by atoms with E-state index in [2.05, 4.69) is 94.2 Å². The Kier molecular flexibility index (Phi) is 5.66. The van der Waals surface area contributed by atoms with E-state index in [9.17, 15) is 0 Å². The zero-order valence-electron chi connectivity index (χ0n) is 2.51. The van der Waals surface area contributed by atoms with Crippen molar-refractivity contribution in [1.29, 1.82) is 0 Å². The van der Waals surface area contributed by atoms with E-state index >= 15 is 0 Å². The lowest BCUT2D eigenvalue weighted by Gasteiger charge is -2.05. The second-order valence-corrected chi connectivity index (χ2v) is 12.2. The topological polar surface area (TPSA) is 12.0 Å². The molecule has 0 spiro atoms. The Morgan fingerprint density at radius 2 is 1.33 bits per heavy atom. The summed E-state index contributed by atoms with van der Waals surface area (Å²) < 4.78 is 3.22. The van der Waals surface area contributed by atoms with E-state index < -0.39 is 0 Å². The zero-order chi connectivity index (χ0) is 5.21. The van der Waals surface area contributed by atoms with Crippen LogP contribution in [-0.2, 0) is 0 Å². The van der Waals surface area contributed by atoms with E-state index in [0.29, 0.717) is 0 Å². The lowest BCUT2D eigenvalue weighted by Crippen LogP contribution is -2.12. The van der Waals surface area contributed by atoms with Gasteiger partial charge in [-0.2, -0.15) is 0 Å². The van der Waals surface area contributed by atoms with E-state index in [1.807, 2.05) is 0 Å². The maximum absolute atomic E-state index is 3.03. The third kappa shape index (κ3) is 6.88. The molecule has 0 aliphatic heterocycles. The van der Waals surface area contributed by atoms with Gasteiger partial charge in [-0.3, -0.25) is 0 Å². The molecule has 0 unspecified atom stereocenters. The first-order chi connectivity index (χ1) is 2.56. The molecular weight excluding hydrogens is 534 g/mol. The van der Waals surface area contributed by atoms with Crippen LogP contribution in [-0.4, -0.2) is -0.441 Å². The SMILES string of the molecule is INC(I)(I)I. The smallest absolute Gasteiger partial charge is 0.181 e.